The van der Waals surface area contributed by atoms with Crippen molar-refractivity contribution in [1.29, 1.82) is 0 Å². The highest BCUT2D eigenvalue weighted by atomic mass is 19.4. The predicted molar refractivity (Wildman–Crippen MR) is 70.7 cm³/mol. The van der Waals surface area contributed by atoms with Gasteiger partial charge in [-0.05, 0) is 24.6 Å². The van der Waals surface area contributed by atoms with E-state index in [4.69, 9.17) is 0 Å². The van der Waals surface area contributed by atoms with E-state index in [9.17, 15) is 22.8 Å². The van der Waals surface area contributed by atoms with Crippen molar-refractivity contribution in [1.82, 2.24) is 5.32 Å². The fourth-order valence-electron chi connectivity index (χ4n) is 2.30. The molecule has 1 saturated heterocycles. The molecule has 0 aliphatic carbocycles. The lowest BCUT2D eigenvalue weighted by Gasteiger charge is -2.31. The Morgan fingerprint density at radius 3 is 2.67 bits per heavy atom. The van der Waals surface area contributed by atoms with Crippen molar-refractivity contribution < 1.29 is 22.8 Å². The fourth-order valence-corrected chi connectivity index (χ4v) is 2.30. The molecule has 0 saturated carbocycles. The molecule has 1 aromatic carbocycles. The van der Waals surface area contributed by atoms with Crippen LogP contribution in [0.15, 0.2) is 24.3 Å². The van der Waals surface area contributed by atoms with E-state index in [2.05, 4.69) is 5.32 Å². The van der Waals surface area contributed by atoms with Gasteiger partial charge in [-0.15, -0.1) is 0 Å². The molecule has 1 aromatic rings. The third-order valence-corrected chi connectivity index (χ3v) is 3.34. The molecule has 21 heavy (non-hydrogen) atoms. The Labute approximate surface area is 119 Å². The van der Waals surface area contributed by atoms with E-state index in [0.29, 0.717) is 6.42 Å². The number of hydrogen-bond acceptors (Lipinski definition) is 2. The summed E-state index contributed by atoms with van der Waals surface area (Å²) < 4.78 is 38.2. The van der Waals surface area contributed by atoms with Crippen LogP contribution in [0.4, 0.5) is 23.7 Å². The van der Waals surface area contributed by atoms with Gasteiger partial charge in [0.2, 0.25) is 5.91 Å². The number of carbonyl (C=O) groups excluding carboxylic acids is 2. The van der Waals surface area contributed by atoms with Crippen molar-refractivity contribution >= 4 is 17.6 Å². The quantitative estimate of drug-likeness (QED) is 0.932. The van der Waals surface area contributed by atoms with Gasteiger partial charge in [-0.3, -0.25) is 4.79 Å². The molecule has 1 fully saturated rings. The van der Waals surface area contributed by atoms with Crippen LogP contribution in [0.3, 0.4) is 0 Å². The zero-order valence-corrected chi connectivity index (χ0v) is 11.4. The van der Waals surface area contributed by atoms with E-state index in [1.165, 1.54) is 12.1 Å². The zero-order chi connectivity index (χ0) is 15.6. The topological polar surface area (TPSA) is 49.4 Å². The summed E-state index contributed by atoms with van der Waals surface area (Å²) in [6.45, 7) is 2.12. The Balaban J connectivity index is 2.34. The third kappa shape index (κ3) is 3.17. The van der Waals surface area contributed by atoms with Crippen LogP contribution in [-0.2, 0) is 11.0 Å². The minimum Gasteiger partial charge on any atom is -0.337 e. The molecule has 1 atom stereocenters. The standard InChI is InChI=1S/C14H15F3N2O2/c1-2-4-9-8-18-13(21)19(12(9)20)11-6-3-5-10(7-11)14(15,16)17/h3,5-7,9H,2,4,8H2,1H3,(H,18,21). The number of nitrogens with one attached hydrogen (secondary N) is 1. The minimum atomic E-state index is -4.52. The van der Waals surface area contributed by atoms with Crippen LogP contribution in [0.1, 0.15) is 25.3 Å². The smallest absolute Gasteiger partial charge is 0.337 e. The summed E-state index contributed by atoms with van der Waals surface area (Å²) in [6.07, 6.45) is -3.19. The number of hydrogen-bond donors (Lipinski definition) is 1. The molecule has 0 bridgehead atoms. The van der Waals surface area contributed by atoms with Gasteiger partial charge >= 0.3 is 12.2 Å². The van der Waals surface area contributed by atoms with Crippen molar-refractivity contribution in [2.45, 2.75) is 25.9 Å². The minimum absolute atomic E-state index is 0.0619. The first-order chi connectivity index (χ1) is 9.84. The predicted octanol–water partition coefficient (Wildman–Crippen LogP) is 3.18. The first-order valence-electron chi connectivity index (χ1n) is 6.63. The molecule has 1 unspecified atom stereocenters. The first-order valence-corrected chi connectivity index (χ1v) is 6.63. The van der Waals surface area contributed by atoms with Gasteiger partial charge in [-0.1, -0.05) is 19.4 Å². The zero-order valence-electron chi connectivity index (χ0n) is 11.4. The van der Waals surface area contributed by atoms with Crippen molar-refractivity contribution in [3.8, 4) is 0 Å². The molecule has 1 aliphatic heterocycles. The Bertz CT molecular complexity index is 557. The molecular weight excluding hydrogens is 285 g/mol. The summed E-state index contributed by atoms with van der Waals surface area (Å²) in [5.41, 5.74) is -0.952. The van der Waals surface area contributed by atoms with Crippen molar-refractivity contribution in [2.24, 2.45) is 5.92 Å². The normalized spacial score (nSPS) is 19.6. The molecule has 0 aromatic heterocycles. The molecule has 1 aliphatic rings. The third-order valence-electron chi connectivity index (χ3n) is 3.34. The number of anilines is 1. The molecular formula is C14H15F3N2O2. The lowest BCUT2D eigenvalue weighted by Crippen LogP contribution is -2.55. The van der Waals surface area contributed by atoms with E-state index < -0.39 is 29.6 Å². The molecule has 1 heterocycles. The summed E-state index contributed by atoms with van der Waals surface area (Å²) >= 11 is 0. The van der Waals surface area contributed by atoms with Gasteiger partial charge in [0, 0.05) is 6.54 Å². The average Bonchev–Trinajstić information content (AvgIpc) is 2.42. The van der Waals surface area contributed by atoms with Gasteiger partial charge in [-0.25, -0.2) is 9.69 Å². The first kappa shape index (κ1) is 15.3. The Morgan fingerprint density at radius 1 is 1.33 bits per heavy atom. The number of rotatable bonds is 3. The van der Waals surface area contributed by atoms with Crippen molar-refractivity contribution in [3.63, 3.8) is 0 Å². The van der Waals surface area contributed by atoms with E-state index in [1.807, 2.05) is 6.92 Å². The summed E-state index contributed by atoms with van der Waals surface area (Å²) in [5, 5.41) is 2.54. The number of nitrogens with zero attached hydrogens (tertiary/aromatic N) is 1. The second kappa shape index (κ2) is 5.75. The highest BCUT2D eigenvalue weighted by molar-refractivity contribution is 6.16. The molecule has 0 spiro atoms. The molecule has 114 valence electrons. The number of imide groups is 1. The summed E-state index contributed by atoms with van der Waals surface area (Å²) in [4.78, 5) is 24.9. The Morgan fingerprint density at radius 2 is 2.05 bits per heavy atom. The maximum absolute atomic E-state index is 12.7. The number of benzene rings is 1. The maximum atomic E-state index is 12.7. The number of urea groups is 1. The average molecular weight is 300 g/mol. The summed E-state index contributed by atoms with van der Waals surface area (Å²) in [5.74, 6) is -0.859. The van der Waals surface area contributed by atoms with Crippen LogP contribution in [0.25, 0.3) is 0 Å². The Hall–Kier alpha value is -2.05. The van der Waals surface area contributed by atoms with Crippen LogP contribution in [0, 0.1) is 5.92 Å². The maximum Gasteiger partial charge on any atom is 0.416 e. The monoisotopic (exact) mass is 300 g/mol. The van der Waals surface area contributed by atoms with Crippen LogP contribution >= 0.6 is 0 Å². The number of carbonyl (C=O) groups is 2. The summed E-state index contributed by atoms with van der Waals surface area (Å²) in [7, 11) is 0. The number of alkyl halides is 3. The van der Waals surface area contributed by atoms with Crippen LogP contribution < -0.4 is 10.2 Å². The molecule has 1 N–H and O–H groups in total. The van der Waals surface area contributed by atoms with E-state index >= 15 is 0 Å². The lowest BCUT2D eigenvalue weighted by molar-refractivity contribution is -0.137. The summed E-state index contributed by atoms with van der Waals surface area (Å²) in [6, 6.07) is 3.53. The van der Waals surface area contributed by atoms with Crippen LogP contribution in [0.5, 0.6) is 0 Å². The number of halogens is 3. The van der Waals surface area contributed by atoms with Gasteiger partial charge < -0.3 is 5.32 Å². The van der Waals surface area contributed by atoms with Gasteiger partial charge in [-0.2, -0.15) is 13.2 Å². The lowest BCUT2D eigenvalue weighted by atomic mass is 9.99. The fraction of sp³-hybridized carbons (Fsp3) is 0.429. The van der Waals surface area contributed by atoms with Gasteiger partial charge in [0.05, 0.1) is 17.2 Å². The van der Waals surface area contributed by atoms with Gasteiger partial charge in [0.25, 0.3) is 0 Å². The highest BCUT2D eigenvalue weighted by Crippen LogP contribution is 2.32. The molecule has 0 radical (unpaired) electrons. The number of amides is 3. The molecule has 3 amide bonds. The van der Waals surface area contributed by atoms with Gasteiger partial charge in [0.15, 0.2) is 0 Å². The molecule has 7 heteroatoms. The van der Waals surface area contributed by atoms with Gasteiger partial charge in [0.1, 0.15) is 0 Å². The van der Waals surface area contributed by atoms with Crippen LogP contribution in [0.2, 0.25) is 0 Å². The molecule has 4 nitrogen and oxygen atoms in total. The van der Waals surface area contributed by atoms with E-state index in [1.54, 1.807) is 0 Å². The SMILES string of the molecule is CCCC1CNC(=O)N(c2cccc(C(F)(F)F)c2)C1=O. The van der Waals surface area contributed by atoms with Crippen molar-refractivity contribution in [3.05, 3.63) is 29.8 Å². The van der Waals surface area contributed by atoms with Crippen molar-refractivity contribution in [2.75, 3.05) is 11.4 Å². The largest absolute Gasteiger partial charge is 0.416 e. The van der Waals surface area contributed by atoms with Crippen LogP contribution in [-0.4, -0.2) is 18.5 Å². The Kier molecular flexibility index (Phi) is 4.20. The van der Waals surface area contributed by atoms with E-state index in [-0.39, 0.29) is 12.2 Å². The molecule has 2 rings (SSSR count). The van der Waals surface area contributed by atoms with E-state index in [0.717, 1.165) is 23.5 Å². The second-order valence-corrected chi connectivity index (χ2v) is 4.89. The highest BCUT2D eigenvalue weighted by Gasteiger charge is 2.36. The second-order valence-electron chi connectivity index (χ2n) is 4.89.